The number of aromatic nitrogens is 1. The lowest BCUT2D eigenvalue weighted by Gasteiger charge is -2.18. The number of hydrogen-bond donors (Lipinski definition) is 1. The van der Waals surface area contributed by atoms with Crippen LogP contribution in [-0.2, 0) is 9.59 Å². The van der Waals surface area contributed by atoms with Gasteiger partial charge in [-0.15, -0.1) is 11.3 Å². The van der Waals surface area contributed by atoms with E-state index in [1.807, 2.05) is 6.07 Å². The molecule has 0 spiro atoms. The number of amides is 2. The number of halogens is 2. The molecule has 10 heteroatoms. The second kappa shape index (κ2) is 10.3. The number of rotatable bonds is 6. The quantitative estimate of drug-likeness (QED) is 0.356. The second-order valence-electron chi connectivity index (χ2n) is 6.36. The van der Waals surface area contributed by atoms with E-state index in [9.17, 15) is 14.9 Å². The number of hydrogen-bond acceptors (Lipinski definition) is 6. The number of nitrogens with zero attached hydrogens (tertiary/aromatic N) is 3. The van der Waals surface area contributed by atoms with Crippen LogP contribution >= 0.6 is 34.5 Å². The van der Waals surface area contributed by atoms with Gasteiger partial charge in [0.05, 0.1) is 29.2 Å². The van der Waals surface area contributed by atoms with Crippen molar-refractivity contribution in [3.05, 3.63) is 69.2 Å². The third-order valence-corrected chi connectivity index (χ3v) is 5.59. The summed E-state index contributed by atoms with van der Waals surface area (Å²) in [6.45, 7) is 1.42. The molecule has 162 valence electrons. The van der Waals surface area contributed by atoms with Gasteiger partial charge in [0.2, 0.25) is 5.91 Å². The van der Waals surface area contributed by atoms with E-state index >= 15 is 0 Å². The van der Waals surface area contributed by atoms with Gasteiger partial charge in [0.1, 0.15) is 17.4 Å². The van der Waals surface area contributed by atoms with Crippen LogP contribution in [0.1, 0.15) is 12.6 Å². The fourth-order valence-corrected chi connectivity index (χ4v) is 3.86. The summed E-state index contributed by atoms with van der Waals surface area (Å²) in [5.41, 5.74) is 1.06. The van der Waals surface area contributed by atoms with Crippen molar-refractivity contribution in [2.75, 3.05) is 17.3 Å². The standard InChI is InChI=1S/C22H16Cl2N4O3S/c1-13(29)28(17-4-6-18(31-2)7-5-17)22-26-16(12-32-22)9-14(11-25)21(30)27-20-10-15(23)3-8-19(20)24/h3-10,12H,1-2H3,(H,27,30)/b14-9+. The van der Waals surface area contributed by atoms with Crippen molar-refractivity contribution in [1.82, 2.24) is 4.98 Å². The molecule has 0 aliphatic heterocycles. The molecule has 0 fully saturated rings. The van der Waals surface area contributed by atoms with Gasteiger partial charge < -0.3 is 10.1 Å². The van der Waals surface area contributed by atoms with E-state index in [1.54, 1.807) is 42.8 Å². The first kappa shape index (κ1) is 23.3. The van der Waals surface area contributed by atoms with Crippen LogP contribution in [0.2, 0.25) is 10.0 Å². The maximum Gasteiger partial charge on any atom is 0.266 e. The van der Waals surface area contributed by atoms with Crippen LogP contribution in [-0.4, -0.2) is 23.9 Å². The smallest absolute Gasteiger partial charge is 0.266 e. The molecular formula is C22H16Cl2N4O3S. The van der Waals surface area contributed by atoms with Crippen LogP contribution in [0.25, 0.3) is 6.08 Å². The van der Waals surface area contributed by atoms with Crippen LogP contribution in [0.3, 0.4) is 0 Å². The van der Waals surface area contributed by atoms with Gasteiger partial charge in [-0.25, -0.2) is 4.98 Å². The fraction of sp³-hybridized carbons (Fsp3) is 0.0909. The van der Waals surface area contributed by atoms with Gasteiger partial charge in [-0.05, 0) is 48.5 Å². The van der Waals surface area contributed by atoms with Crippen molar-refractivity contribution in [2.24, 2.45) is 0 Å². The summed E-state index contributed by atoms with van der Waals surface area (Å²) in [5.74, 6) is -0.247. The number of carbonyl (C=O) groups is 2. The molecule has 0 atom stereocenters. The van der Waals surface area contributed by atoms with E-state index in [4.69, 9.17) is 27.9 Å². The highest BCUT2D eigenvalue weighted by Gasteiger charge is 2.19. The monoisotopic (exact) mass is 486 g/mol. The summed E-state index contributed by atoms with van der Waals surface area (Å²) in [6.07, 6.45) is 1.33. The van der Waals surface area contributed by atoms with Crippen LogP contribution < -0.4 is 15.0 Å². The molecule has 0 bridgehead atoms. The Labute approximate surface area is 198 Å². The van der Waals surface area contributed by atoms with Gasteiger partial charge in [-0.1, -0.05) is 23.2 Å². The molecule has 1 N–H and O–H groups in total. The molecule has 0 aliphatic rings. The van der Waals surface area contributed by atoms with E-state index in [0.29, 0.717) is 27.3 Å². The van der Waals surface area contributed by atoms with Crippen LogP contribution in [0, 0.1) is 11.3 Å². The lowest BCUT2D eigenvalue weighted by molar-refractivity contribution is -0.116. The van der Waals surface area contributed by atoms with Gasteiger partial charge >= 0.3 is 0 Å². The Balaban J connectivity index is 1.85. The predicted molar refractivity (Wildman–Crippen MR) is 127 cm³/mol. The lowest BCUT2D eigenvalue weighted by atomic mass is 10.2. The molecule has 2 amide bonds. The van der Waals surface area contributed by atoms with E-state index < -0.39 is 5.91 Å². The zero-order chi connectivity index (χ0) is 23.3. The van der Waals surface area contributed by atoms with E-state index in [0.717, 1.165) is 0 Å². The van der Waals surface area contributed by atoms with E-state index in [1.165, 1.54) is 41.4 Å². The highest BCUT2D eigenvalue weighted by molar-refractivity contribution is 7.14. The SMILES string of the molecule is COc1ccc(N(C(C)=O)c2nc(/C=C(\C#N)C(=O)Nc3cc(Cl)ccc3Cl)cs2)cc1. The molecule has 0 aliphatic carbocycles. The number of nitriles is 1. The second-order valence-corrected chi connectivity index (χ2v) is 8.04. The van der Waals surface area contributed by atoms with Crippen molar-refractivity contribution < 1.29 is 14.3 Å². The molecule has 0 saturated heterocycles. The third-order valence-electron chi connectivity index (χ3n) is 4.18. The Hall–Kier alpha value is -3.38. The average molecular weight is 487 g/mol. The average Bonchev–Trinajstić information content (AvgIpc) is 3.22. The Morgan fingerprint density at radius 2 is 1.94 bits per heavy atom. The summed E-state index contributed by atoms with van der Waals surface area (Å²) in [7, 11) is 1.56. The van der Waals surface area contributed by atoms with Crippen molar-refractivity contribution in [3.63, 3.8) is 0 Å². The zero-order valence-corrected chi connectivity index (χ0v) is 19.3. The van der Waals surface area contributed by atoms with E-state index in [2.05, 4.69) is 10.3 Å². The number of thiazole rings is 1. The van der Waals surface area contributed by atoms with Gasteiger partial charge in [-0.3, -0.25) is 14.5 Å². The zero-order valence-electron chi connectivity index (χ0n) is 16.9. The first-order valence-electron chi connectivity index (χ1n) is 9.11. The number of ether oxygens (including phenoxy) is 1. The molecule has 0 unspecified atom stereocenters. The van der Waals surface area contributed by atoms with Crippen LogP contribution in [0.4, 0.5) is 16.5 Å². The third kappa shape index (κ3) is 5.45. The molecule has 0 saturated carbocycles. The number of benzene rings is 2. The molecular weight excluding hydrogens is 471 g/mol. The summed E-state index contributed by atoms with van der Waals surface area (Å²) < 4.78 is 5.15. The van der Waals surface area contributed by atoms with Gasteiger partial charge in [-0.2, -0.15) is 5.26 Å². The Kier molecular flexibility index (Phi) is 7.49. The molecule has 3 aromatic rings. The first-order valence-corrected chi connectivity index (χ1v) is 10.7. The van der Waals surface area contributed by atoms with Crippen molar-refractivity contribution in [3.8, 4) is 11.8 Å². The Morgan fingerprint density at radius 1 is 1.22 bits per heavy atom. The summed E-state index contributed by atoms with van der Waals surface area (Å²) >= 11 is 13.2. The van der Waals surface area contributed by atoms with Crippen LogP contribution in [0.15, 0.2) is 53.4 Å². The summed E-state index contributed by atoms with van der Waals surface area (Å²) in [4.78, 5) is 30.6. The fourth-order valence-electron chi connectivity index (χ4n) is 2.68. The van der Waals surface area contributed by atoms with Crippen molar-refractivity contribution in [1.29, 1.82) is 5.26 Å². The topological polar surface area (TPSA) is 95.3 Å². The normalized spacial score (nSPS) is 10.9. The maximum absolute atomic E-state index is 12.5. The maximum atomic E-state index is 12.5. The minimum Gasteiger partial charge on any atom is -0.497 e. The minimum absolute atomic E-state index is 0.184. The van der Waals surface area contributed by atoms with Gasteiger partial charge in [0, 0.05) is 17.3 Å². The number of methoxy groups -OCH3 is 1. The molecule has 0 radical (unpaired) electrons. The highest BCUT2D eigenvalue weighted by atomic mass is 35.5. The Morgan fingerprint density at radius 3 is 2.56 bits per heavy atom. The molecule has 3 rings (SSSR count). The molecule has 32 heavy (non-hydrogen) atoms. The Bertz CT molecular complexity index is 1230. The number of nitrogens with one attached hydrogen (secondary N) is 1. The van der Waals surface area contributed by atoms with Gasteiger partial charge in [0.25, 0.3) is 5.91 Å². The molecule has 2 aromatic carbocycles. The minimum atomic E-state index is -0.662. The summed E-state index contributed by atoms with van der Waals surface area (Å²) in [6, 6.07) is 13.4. The van der Waals surface area contributed by atoms with Crippen molar-refractivity contribution >= 4 is 68.9 Å². The first-order chi connectivity index (χ1) is 15.3. The van der Waals surface area contributed by atoms with Gasteiger partial charge in [0.15, 0.2) is 5.13 Å². The predicted octanol–water partition coefficient (Wildman–Crippen LogP) is 5.69. The number of carbonyl (C=O) groups excluding carboxylic acids is 2. The molecule has 1 heterocycles. The van der Waals surface area contributed by atoms with E-state index in [-0.39, 0.29) is 22.2 Å². The van der Waals surface area contributed by atoms with Crippen LogP contribution in [0.5, 0.6) is 5.75 Å². The lowest BCUT2D eigenvalue weighted by Crippen LogP contribution is -2.22. The number of anilines is 3. The largest absolute Gasteiger partial charge is 0.497 e. The molecule has 1 aromatic heterocycles. The molecule has 7 nitrogen and oxygen atoms in total. The highest BCUT2D eigenvalue weighted by Crippen LogP contribution is 2.31. The summed E-state index contributed by atoms with van der Waals surface area (Å²) in [5, 5.41) is 14.7. The van der Waals surface area contributed by atoms with Crippen molar-refractivity contribution in [2.45, 2.75) is 6.92 Å².